The van der Waals surface area contributed by atoms with Crippen molar-refractivity contribution in [3.8, 4) is 11.4 Å². The van der Waals surface area contributed by atoms with Gasteiger partial charge in [0.2, 0.25) is 0 Å². The fourth-order valence-electron chi connectivity index (χ4n) is 1.53. The number of aliphatic carboxylic acids is 1. The minimum Gasteiger partial charge on any atom is -0.481 e. The second-order valence-electron chi connectivity index (χ2n) is 4.05. The quantitative estimate of drug-likeness (QED) is 0.920. The summed E-state index contributed by atoms with van der Waals surface area (Å²) in [7, 11) is 0. The van der Waals surface area contributed by atoms with Crippen LogP contribution in [0.15, 0.2) is 22.7 Å². The molecule has 100 valence electrons. The Hall–Kier alpha value is -1.47. The van der Waals surface area contributed by atoms with Crippen molar-refractivity contribution in [3.63, 3.8) is 0 Å². The summed E-state index contributed by atoms with van der Waals surface area (Å²) in [4.78, 5) is 10.9. The Labute approximate surface area is 122 Å². The van der Waals surface area contributed by atoms with Crippen LogP contribution in [0.1, 0.15) is 6.92 Å². The molecule has 1 atom stereocenters. The van der Waals surface area contributed by atoms with Gasteiger partial charge >= 0.3 is 5.97 Å². The molecule has 1 aromatic carbocycles. The summed E-state index contributed by atoms with van der Waals surface area (Å²) in [5, 5.41) is 20.8. The number of nitrogens with zero attached hydrogens (tertiary/aromatic N) is 4. The van der Waals surface area contributed by atoms with Crippen molar-refractivity contribution in [2.24, 2.45) is 5.92 Å². The second kappa shape index (κ2) is 5.66. The molecule has 0 saturated heterocycles. The van der Waals surface area contributed by atoms with Gasteiger partial charge in [-0.15, -0.1) is 5.10 Å². The van der Waals surface area contributed by atoms with Gasteiger partial charge in [0, 0.05) is 15.1 Å². The predicted molar refractivity (Wildman–Crippen MR) is 72.8 cm³/mol. The molecular weight excluding hydrogens is 336 g/mol. The molecule has 1 heterocycles. The van der Waals surface area contributed by atoms with Crippen molar-refractivity contribution in [3.05, 3.63) is 27.7 Å². The molecule has 0 aliphatic heterocycles. The first-order chi connectivity index (χ1) is 8.99. The molecule has 0 amide bonds. The van der Waals surface area contributed by atoms with E-state index in [0.717, 1.165) is 10.0 Å². The number of benzene rings is 1. The lowest BCUT2D eigenvalue weighted by atomic mass is 10.1. The van der Waals surface area contributed by atoms with Crippen LogP contribution in [0.2, 0.25) is 5.02 Å². The molecule has 2 rings (SSSR count). The predicted octanol–water partition coefficient (Wildman–Crippen LogP) is 2.48. The number of carboxylic acids is 1. The normalized spacial score (nSPS) is 12.4. The summed E-state index contributed by atoms with van der Waals surface area (Å²) in [6, 6.07) is 5.25. The average Bonchev–Trinajstić information content (AvgIpc) is 2.80. The molecule has 0 fully saturated rings. The third kappa shape index (κ3) is 3.10. The molecule has 0 saturated carbocycles. The maximum Gasteiger partial charge on any atom is 0.308 e. The average molecular weight is 346 g/mol. The summed E-state index contributed by atoms with van der Waals surface area (Å²) in [6.07, 6.45) is 0. The zero-order chi connectivity index (χ0) is 14.0. The fraction of sp³-hybridized carbons (Fsp3) is 0.273. The zero-order valence-electron chi connectivity index (χ0n) is 9.92. The molecule has 0 radical (unpaired) electrons. The van der Waals surface area contributed by atoms with E-state index < -0.39 is 11.9 Å². The van der Waals surface area contributed by atoms with Crippen molar-refractivity contribution < 1.29 is 9.90 Å². The lowest BCUT2D eigenvalue weighted by molar-refractivity contribution is -0.141. The summed E-state index contributed by atoms with van der Waals surface area (Å²) in [5.41, 5.74) is 0.718. The van der Waals surface area contributed by atoms with Crippen molar-refractivity contribution in [1.29, 1.82) is 0 Å². The first kappa shape index (κ1) is 14.0. The molecule has 1 N–H and O–H groups in total. The first-order valence-electron chi connectivity index (χ1n) is 5.43. The van der Waals surface area contributed by atoms with Crippen molar-refractivity contribution in [2.75, 3.05) is 0 Å². The van der Waals surface area contributed by atoms with E-state index in [-0.39, 0.29) is 6.54 Å². The Morgan fingerprint density at radius 3 is 3.00 bits per heavy atom. The number of carboxylic acid groups (broad SMARTS) is 1. The number of tetrazole rings is 1. The van der Waals surface area contributed by atoms with Gasteiger partial charge in [0.05, 0.1) is 12.5 Å². The molecule has 2 aromatic rings. The van der Waals surface area contributed by atoms with Crippen LogP contribution in [-0.4, -0.2) is 31.3 Å². The Morgan fingerprint density at radius 2 is 2.32 bits per heavy atom. The summed E-state index contributed by atoms with van der Waals surface area (Å²) < 4.78 is 2.24. The Morgan fingerprint density at radius 1 is 1.58 bits per heavy atom. The number of hydrogen-bond acceptors (Lipinski definition) is 4. The van der Waals surface area contributed by atoms with Crippen LogP contribution in [0.3, 0.4) is 0 Å². The highest BCUT2D eigenvalue weighted by molar-refractivity contribution is 9.10. The van der Waals surface area contributed by atoms with E-state index in [1.165, 1.54) is 4.68 Å². The van der Waals surface area contributed by atoms with E-state index in [1.807, 2.05) is 0 Å². The topological polar surface area (TPSA) is 80.9 Å². The molecule has 19 heavy (non-hydrogen) atoms. The SMILES string of the molecule is CC(Cn1nnnc1-c1cc(Cl)ccc1Br)C(=O)O. The van der Waals surface area contributed by atoms with E-state index in [0.29, 0.717) is 10.8 Å². The van der Waals surface area contributed by atoms with Crippen LogP contribution in [0.5, 0.6) is 0 Å². The molecule has 6 nitrogen and oxygen atoms in total. The molecule has 0 aliphatic rings. The Kier molecular flexibility index (Phi) is 4.16. The van der Waals surface area contributed by atoms with Crippen LogP contribution in [0.25, 0.3) is 11.4 Å². The summed E-state index contributed by atoms with van der Waals surface area (Å²) >= 11 is 9.35. The third-order valence-electron chi connectivity index (χ3n) is 2.57. The van der Waals surface area contributed by atoms with Crippen LogP contribution >= 0.6 is 27.5 Å². The summed E-state index contributed by atoms with van der Waals surface area (Å²) in [6.45, 7) is 1.79. The van der Waals surface area contributed by atoms with E-state index in [9.17, 15) is 4.79 Å². The maximum atomic E-state index is 10.9. The van der Waals surface area contributed by atoms with E-state index in [1.54, 1.807) is 25.1 Å². The number of aromatic nitrogens is 4. The summed E-state index contributed by atoms with van der Waals surface area (Å²) in [5.74, 6) is -1.01. The fourth-order valence-corrected chi connectivity index (χ4v) is 2.12. The highest BCUT2D eigenvalue weighted by Crippen LogP contribution is 2.29. The van der Waals surface area contributed by atoms with Gasteiger partial charge in [-0.2, -0.15) is 0 Å². The molecule has 0 spiro atoms. The van der Waals surface area contributed by atoms with Crippen LogP contribution in [0, 0.1) is 5.92 Å². The molecule has 8 heteroatoms. The van der Waals surface area contributed by atoms with Crippen LogP contribution in [-0.2, 0) is 11.3 Å². The van der Waals surface area contributed by atoms with Crippen molar-refractivity contribution in [2.45, 2.75) is 13.5 Å². The second-order valence-corrected chi connectivity index (χ2v) is 5.34. The largest absolute Gasteiger partial charge is 0.481 e. The lowest BCUT2D eigenvalue weighted by Crippen LogP contribution is -2.18. The van der Waals surface area contributed by atoms with Gasteiger partial charge in [-0.3, -0.25) is 4.79 Å². The minimum atomic E-state index is -0.897. The monoisotopic (exact) mass is 344 g/mol. The third-order valence-corrected chi connectivity index (χ3v) is 3.50. The Balaban J connectivity index is 2.39. The smallest absolute Gasteiger partial charge is 0.308 e. The first-order valence-corrected chi connectivity index (χ1v) is 6.60. The molecule has 1 aromatic heterocycles. The zero-order valence-corrected chi connectivity index (χ0v) is 12.3. The lowest BCUT2D eigenvalue weighted by Gasteiger charge is -2.09. The van der Waals surface area contributed by atoms with Crippen molar-refractivity contribution in [1.82, 2.24) is 20.2 Å². The number of halogens is 2. The van der Waals surface area contributed by atoms with Crippen LogP contribution in [0.4, 0.5) is 0 Å². The number of rotatable bonds is 4. The van der Waals surface area contributed by atoms with Gasteiger partial charge in [0.15, 0.2) is 5.82 Å². The van der Waals surface area contributed by atoms with Crippen molar-refractivity contribution >= 4 is 33.5 Å². The maximum absolute atomic E-state index is 10.9. The van der Waals surface area contributed by atoms with E-state index in [4.69, 9.17) is 16.7 Å². The number of carbonyl (C=O) groups is 1. The minimum absolute atomic E-state index is 0.191. The highest BCUT2D eigenvalue weighted by Gasteiger charge is 2.18. The van der Waals surface area contributed by atoms with Gasteiger partial charge in [-0.25, -0.2) is 4.68 Å². The highest BCUT2D eigenvalue weighted by atomic mass is 79.9. The van der Waals surface area contributed by atoms with E-state index >= 15 is 0 Å². The molecule has 0 aliphatic carbocycles. The molecule has 1 unspecified atom stereocenters. The molecule has 0 bridgehead atoms. The van der Waals surface area contributed by atoms with E-state index in [2.05, 4.69) is 31.5 Å². The Bertz CT molecular complexity index is 616. The standard InChI is InChI=1S/C11H10BrClN4O2/c1-6(11(18)19)5-17-10(14-15-16-17)8-4-7(13)2-3-9(8)12/h2-4,6H,5H2,1H3,(H,18,19). The van der Waals surface area contributed by atoms with Gasteiger partial charge in [-0.05, 0) is 28.6 Å². The molecular formula is C11H10BrClN4O2. The van der Waals surface area contributed by atoms with Gasteiger partial charge in [0.1, 0.15) is 0 Å². The van der Waals surface area contributed by atoms with Crippen LogP contribution < -0.4 is 0 Å². The van der Waals surface area contributed by atoms with Gasteiger partial charge in [0.25, 0.3) is 0 Å². The van der Waals surface area contributed by atoms with Gasteiger partial charge in [-0.1, -0.05) is 34.5 Å². The number of hydrogen-bond donors (Lipinski definition) is 1. The van der Waals surface area contributed by atoms with Gasteiger partial charge < -0.3 is 5.11 Å².